The van der Waals surface area contributed by atoms with Gasteiger partial charge in [0.25, 0.3) is 0 Å². The highest BCUT2D eigenvalue weighted by Gasteiger charge is 2.36. The number of hydrogen-bond donors (Lipinski definition) is 26. The van der Waals surface area contributed by atoms with Crippen molar-refractivity contribution in [2.75, 3.05) is 57.3 Å². The van der Waals surface area contributed by atoms with Crippen LogP contribution in [0.4, 0.5) is 0 Å². The van der Waals surface area contributed by atoms with Gasteiger partial charge in [0.2, 0.25) is 76.8 Å². The minimum absolute atomic E-state index is 0.00550. The summed E-state index contributed by atoms with van der Waals surface area (Å²) in [6.07, 6.45) is 4.20. The first-order valence-corrected chi connectivity index (χ1v) is 36.7. The number of nitrogens with two attached hydrogens (primary N) is 10. The fourth-order valence-corrected chi connectivity index (χ4v) is 10.2. The molecule has 13 amide bonds. The van der Waals surface area contributed by atoms with Gasteiger partial charge >= 0.3 is 5.97 Å². The van der Waals surface area contributed by atoms with Crippen molar-refractivity contribution < 1.29 is 72.2 Å². The zero-order valence-corrected chi connectivity index (χ0v) is 62.9. The molecule has 0 aliphatic heterocycles. The summed E-state index contributed by atoms with van der Waals surface area (Å²) in [7, 11) is 0. The highest BCUT2D eigenvalue weighted by molar-refractivity contribution is 7.80. The lowest BCUT2D eigenvalue weighted by atomic mass is 10.0. The lowest BCUT2D eigenvalue weighted by Gasteiger charge is -2.27. The molecule has 0 aromatic carbocycles. The van der Waals surface area contributed by atoms with E-state index in [-0.39, 0.29) is 127 Å². The van der Waals surface area contributed by atoms with Crippen molar-refractivity contribution in [3.63, 3.8) is 0 Å². The summed E-state index contributed by atoms with van der Waals surface area (Å²) in [5.74, 6) is -12.7. The van der Waals surface area contributed by atoms with E-state index in [9.17, 15) is 72.2 Å². The Morgan fingerprint density at radius 1 is 0.286 bits per heavy atom. The number of unbranched alkanes of at least 4 members (excludes halogenated alkanes) is 5. The molecule has 0 rings (SSSR count). The summed E-state index contributed by atoms with van der Waals surface area (Å²) in [5, 5.41) is 42.7. The predicted octanol–water partition coefficient (Wildman–Crippen LogP) is -8.59. The van der Waals surface area contributed by atoms with Crippen LogP contribution in [-0.2, 0) is 67.1 Å². The second kappa shape index (κ2) is 55.1. The van der Waals surface area contributed by atoms with Crippen LogP contribution in [0.5, 0.6) is 0 Å². The maximum Gasteiger partial charge on any atom is 0.327 e. The Kier molecular flexibility index (Phi) is 50.7. The van der Waals surface area contributed by atoms with E-state index in [1.807, 2.05) is 0 Å². The molecular formula is C63H121N25O15S2. The number of carbonyl (C=O) groups excluding carboxylic acids is 13. The van der Waals surface area contributed by atoms with Gasteiger partial charge in [0.15, 0.2) is 11.9 Å². The number of carboxylic acids is 1. The van der Waals surface area contributed by atoms with Crippen molar-refractivity contribution >= 4 is 120 Å². The summed E-state index contributed by atoms with van der Waals surface area (Å²) in [4.78, 5) is 198. The van der Waals surface area contributed by atoms with Gasteiger partial charge in [-0.25, -0.2) is 4.79 Å². The zero-order chi connectivity index (χ0) is 79.7. The molecular weight excluding hydrogens is 1410 g/mol. The van der Waals surface area contributed by atoms with Gasteiger partial charge in [-0.1, -0.05) is 0 Å². The molecule has 0 heterocycles. The molecule has 0 radical (unpaired) electrons. The number of aliphatic carboxylic acids is 1. The van der Waals surface area contributed by atoms with Crippen LogP contribution in [0.15, 0.2) is 9.98 Å². The second-order valence-electron chi connectivity index (χ2n) is 25.3. The first kappa shape index (κ1) is 96.6. The Morgan fingerprint density at radius 2 is 0.476 bits per heavy atom. The number of guanidine groups is 2. The molecule has 0 fully saturated rings. The number of hydrogen-bond acceptors (Lipinski definition) is 24. The molecule has 0 aromatic heterocycles. The molecule has 0 unspecified atom stereocenters. The topological polar surface area (TPSA) is 701 Å². The molecule has 0 aliphatic carbocycles. The molecule has 14 atom stereocenters. The number of carbonyl (C=O) groups is 14. The maximum atomic E-state index is 14.2. The molecule has 0 aromatic rings. The summed E-state index contributed by atoms with van der Waals surface area (Å²) >= 11 is 8.01. The van der Waals surface area contributed by atoms with Crippen LogP contribution in [0.3, 0.4) is 0 Å². The molecule has 42 heteroatoms. The van der Waals surface area contributed by atoms with Crippen LogP contribution in [-0.4, -0.2) is 242 Å². The van der Waals surface area contributed by atoms with Crippen molar-refractivity contribution in [3.8, 4) is 0 Å². The van der Waals surface area contributed by atoms with Crippen molar-refractivity contribution in [3.05, 3.63) is 0 Å². The number of aliphatic imine (C=N–C) groups is 2. The molecule has 600 valence electrons. The lowest BCUT2D eigenvalue weighted by Crippen LogP contribution is -2.60. The third-order valence-electron chi connectivity index (χ3n) is 16.1. The van der Waals surface area contributed by atoms with Crippen molar-refractivity contribution in [1.82, 2.24) is 69.1 Å². The molecule has 0 saturated carbocycles. The number of nitrogens with zero attached hydrogens (tertiary/aromatic N) is 2. The Labute approximate surface area is 624 Å². The largest absolute Gasteiger partial charge is 0.480 e. The summed E-state index contributed by atoms with van der Waals surface area (Å²) < 4.78 is 0. The van der Waals surface area contributed by atoms with E-state index < -0.39 is 167 Å². The van der Waals surface area contributed by atoms with Gasteiger partial charge in [0.05, 0.1) is 6.04 Å². The average molecular weight is 1530 g/mol. The molecule has 105 heavy (non-hydrogen) atoms. The summed E-state index contributed by atoms with van der Waals surface area (Å²) in [6.45, 7) is 7.88. The van der Waals surface area contributed by atoms with Crippen LogP contribution in [0.2, 0.25) is 0 Å². The van der Waals surface area contributed by atoms with Gasteiger partial charge < -0.3 is 132 Å². The average Bonchev–Trinajstić information content (AvgIpc) is 0.887. The van der Waals surface area contributed by atoms with Gasteiger partial charge in [0, 0.05) is 24.6 Å². The van der Waals surface area contributed by atoms with Crippen LogP contribution < -0.4 is 126 Å². The molecule has 34 N–H and O–H groups in total. The third kappa shape index (κ3) is 41.2. The second-order valence-corrected chi connectivity index (χ2v) is 26.0. The SMILES string of the molecule is C[C@H](NC(=O)[C@H](C)NC(=O)[C@H](CCCCN)NC(=O)[C@H](CCCCN)NC(=O)[C@H](CCCN=C(N)N)NC(=O)[C@H](C)NC(=O)[C@@H](N)CS)C(=O)N[C@@H](CCCCN)C(=O)N[C@@H](C)C(=O)N[C@@H](C)C(=O)N[C@@H](CCCN=C(N)N)C(=O)N[C@@H](CCCCN)C(=O)N[C@@H](CCCCN)C(=O)N[C@@H](CS)C(=O)O. The monoisotopic (exact) mass is 1530 g/mol. The Bertz CT molecular complexity index is 2830. The Hall–Kier alpha value is -8.42. The van der Waals surface area contributed by atoms with Crippen LogP contribution >= 0.6 is 25.3 Å². The molecule has 0 spiro atoms. The van der Waals surface area contributed by atoms with Crippen LogP contribution in [0.1, 0.15) is 157 Å². The standard InChI is InChI=1S/C63H121N25O15S2/c1-34(48(89)77-37(4)51(92)82-45(23-16-30-74-62(70)71)58(99)86-43(21-9-14-28-67)57(98)87-44(22-10-15-29-68)60(101)88-47(33-105)61(102)103)79-54(95)40(18-6-11-25-64)81-50(91)36(3)76-49(90)35(2)80-55(96)41(19-7-12-26-65)84-56(97)42(20-8-13-27-66)85-59(100)46(24-17-31-75-63(72)73)83-52(93)38(5)78-53(94)39(69)32-104/h34-47,104-105H,6-33,64-69H2,1-5H3,(H,76,90)(H,77,89)(H,78,94)(H,79,95)(H,80,96)(H,81,91)(H,82,92)(H,83,93)(H,84,97)(H,85,100)(H,86,99)(H,87,98)(H,88,101)(H,102,103)(H4,70,71,74)(H4,72,73,75)/t34-,35-,36-,37-,38-,39-,40-,41-,42-,43-,44-,45-,46-,47-/m0/s1. The van der Waals surface area contributed by atoms with E-state index >= 15 is 0 Å². The van der Waals surface area contributed by atoms with E-state index in [0.717, 1.165) is 0 Å². The number of amides is 13. The van der Waals surface area contributed by atoms with E-state index in [1.165, 1.54) is 34.6 Å². The fourth-order valence-electron chi connectivity index (χ4n) is 9.83. The fraction of sp³-hybridized carbons (Fsp3) is 0.746. The lowest BCUT2D eigenvalue weighted by molar-refractivity contribution is -0.141. The predicted molar refractivity (Wildman–Crippen MR) is 401 cm³/mol. The van der Waals surface area contributed by atoms with Crippen molar-refractivity contribution in [2.45, 2.75) is 241 Å². The van der Waals surface area contributed by atoms with E-state index in [2.05, 4.69) is 104 Å². The number of nitrogens with one attached hydrogen (secondary N) is 13. The highest BCUT2D eigenvalue weighted by atomic mass is 32.1. The van der Waals surface area contributed by atoms with Crippen LogP contribution in [0.25, 0.3) is 0 Å². The minimum Gasteiger partial charge on any atom is -0.480 e. The van der Waals surface area contributed by atoms with Gasteiger partial charge in [-0.15, -0.1) is 0 Å². The Balaban J connectivity index is 6.49. The van der Waals surface area contributed by atoms with Gasteiger partial charge in [-0.2, -0.15) is 25.3 Å². The zero-order valence-electron chi connectivity index (χ0n) is 61.1. The molecule has 0 saturated heterocycles. The molecule has 40 nitrogen and oxygen atoms in total. The third-order valence-corrected chi connectivity index (χ3v) is 16.9. The summed E-state index contributed by atoms with van der Waals surface area (Å²) in [5.41, 5.74) is 56.4. The minimum atomic E-state index is -1.38. The van der Waals surface area contributed by atoms with Gasteiger partial charge in [0.1, 0.15) is 78.5 Å². The first-order valence-electron chi connectivity index (χ1n) is 35.4. The van der Waals surface area contributed by atoms with E-state index in [4.69, 9.17) is 57.3 Å². The van der Waals surface area contributed by atoms with Gasteiger partial charge in [-0.3, -0.25) is 72.3 Å². The van der Waals surface area contributed by atoms with Crippen LogP contribution in [0, 0.1) is 0 Å². The normalized spacial score (nSPS) is 15.0. The first-order chi connectivity index (χ1) is 49.7. The number of rotatable bonds is 57. The molecule has 0 aliphatic rings. The van der Waals surface area contributed by atoms with Gasteiger partial charge in [-0.05, 0) is 189 Å². The molecule has 0 bridgehead atoms. The van der Waals surface area contributed by atoms with Crippen molar-refractivity contribution in [1.29, 1.82) is 0 Å². The quantitative estimate of drug-likeness (QED) is 0.0116. The Morgan fingerprint density at radius 3 is 0.686 bits per heavy atom. The summed E-state index contributed by atoms with van der Waals surface area (Å²) in [6, 6.07) is -18.1. The van der Waals surface area contributed by atoms with Crippen molar-refractivity contribution in [2.24, 2.45) is 67.3 Å². The van der Waals surface area contributed by atoms with E-state index in [0.29, 0.717) is 64.2 Å². The van der Waals surface area contributed by atoms with E-state index in [1.54, 1.807) is 0 Å². The smallest absolute Gasteiger partial charge is 0.327 e. The highest BCUT2D eigenvalue weighted by Crippen LogP contribution is 2.12. The maximum absolute atomic E-state index is 14.2. The number of carboxylic acid groups (broad SMARTS) is 1. The number of thiol groups is 2.